The maximum absolute atomic E-state index is 12.8. The molecule has 0 aliphatic heterocycles. The van der Waals surface area contributed by atoms with Crippen LogP contribution >= 0.6 is 23.1 Å². The fourth-order valence-electron chi connectivity index (χ4n) is 2.55. The number of nitrogens with zero attached hydrogens (tertiary/aromatic N) is 2. The molecule has 162 valence electrons. The highest BCUT2D eigenvalue weighted by molar-refractivity contribution is 8.02. The molecule has 2 N–H and O–H groups in total. The summed E-state index contributed by atoms with van der Waals surface area (Å²) >= 11 is 2.76. The fourth-order valence-corrected chi connectivity index (χ4v) is 4.54. The quantitative estimate of drug-likeness (QED) is 0.336. The van der Waals surface area contributed by atoms with Crippen molar-refractivity contribution in [2.75, 3.05) is 17.7 Å². The number of aromatic nitrogens is 2. The molecule has 0 spiro atoms. The second-order valence-corrected chi connectivity index (χ2v) is 9.64. The van der Waals surface area contributed by atoms with Crippen LogP contribution in [0.2, 0.25) is 0 Å². The van der Waals surface area contributed by atoms with E-state index >= 15 is 0 Å². The van der Waals surface area contributed by atoms with Crippen molar-refractivity contribution in [1.82, 2.24) is 10.2 Å². The Morgan fingerprint density at radius 3 is 2.23 bits per heavy atom. The number of hydrogen-bond acceptors (Lipinski definition) is 8. The molecule has 3 rings (SSSR count). The summed E-state index contributed by atoms with van der Waals surface area (Å²) in [7, 11) is 1.62. The highest BCUT2D eigenvalue weighted by Crippen LogP contribution is 2.32. The Morgan fingerprint density at radius 2 is 1.61 bits per heavy atom. The number of hydrogen-bond donors (Lipinski definition) is 2. The Balaban J connectivity index is 1.57. The van der Waals surface area contributed by atoms with Crippen LogP contribution in [0.25, 0.3) is 0 Å². The van der Waals surface area contributed by atoms with E-state index in [2.05, 4.69) is 20.8 Å². The van der Waals surface area contributed by atoms with Gasteiger partial charge in [0.1, 0.15) is 5.75 Å². The molecule has 0 bridgehead atoms. The van der Waals surface area contributed by atoms with Crippen LogP contribution in [0.4, 0.5) is 16.5 Å². The lowest BCUT2D eigenvalue weighted by Gasteiger charge is -2.10. The molecule has 31 heavy (non-hydrogen) atoms. The van der Waals surface area contributed by atoms with E-state index in [0.717, 1.165) is 11.4 Å². The minimum atomic E-state index is -0.321. The van der Waals surface area contributed by atoms with Crippen LogP contribution in [-0.4, -0.2) is 34.2 Å². The van der Waals surface area contributed by atoms with Gasteiger partial charge in [-0.3, -0.25) is 9.59 Å². The van der Waals surface area contributed by atoms with Gasteiger partial charge in [-0.1, -0.05) is 36.9 Å². The van der Waals surface area contributed by atoms with Crippen LogP contribution in [0.3, 0.4) is 0 Å². The van der Waals surface area contributed by atoms with Gasteiger partial charge in [0, 0.05) is 22.9 Å². The zero-order valence-electron chi connectivity index (χ0n) is 17.7. The first kappa shape index (κ1) is 22.8. The summed E-state index contributed by atoms with van der Waals surface area (Å²) in [6.07, 6.45) is 0. The summed E-state index contributed by atoms with van der Waals surface area (Å²) in [5.74, 6) is 0.611. The second-order valence-electron chi connectivity index (χ2n) is 7.07. The van der Waals surface area contributed by atoms with Gasteiger partial charge in [-0.15, -0.1) is 10.2 Å². The summed E-state index contributed by atoms with van der Waals surface area (Å²) in [4.78, 5) is 24.6. The van der Waals surface area contributed by atoms with Crippen LogP contribution in [-0.2, 0) is 4.79 Å². The number of anilines is 3. The zero-order chi connectivity index (χ0) is 22.4. The number of carbonyl (C=O) groups excluding carboxylic acids is 2. The number of benzene rings is 2. The van der Waals surface area contributed by atoms with Crippen LogP contribution in [0.5, 0.6) is 5.75 Å². The van der Waals surface area contributed by atoms with Gasteiger partial charge in [0.15, 0.2) is 10.1 Å². The number of rotatable bonds is 9. The molecule has 1 unspecified atom stereocenters. The lowest BCUT2D eigenvalue weighted by molar-refractivity contribution is -0.118. The van der Waals surface area contributed by atoms with E-state index < -0.39 is 0 Å². The molecule has 0 fully saturated rings. The van der Waals surface area contributed by atoms with Crippen molar-refractivity contribution in [3.8, 4) is 5.75 Å². The van der Waals surface area contributed by atoms with E-state index in [0.29, 0.717) is 20.7 Å². The fraction of sp³-hybridized carbons (Fsp3) is 0.273. The average molecular weight is 457 g/mol. The van der Waals surface area contributed by atoms with Gasteiger partial charge < -0.3 is 15.4 Å². The van der Waals surface area contributed by atoms with Gasteiger partial charge in [0.2, 0.25) is 11.0 Å². The molecular formula is C22H24N4O3S2. The Bertz CT molecular complexity index is 1030. The van der Waals surface area contributed by atoms with Crippen molar-refractivity contribution in [2.24, 2.45) is 5.92 Å². The molecule has 1 aromatic heterocycles. The smallest absolute Gasteiger partial charge is 0.226 e. The van der Waals surface area contributed by atoms with E-state index in [1.165, 1.54) is 23.1 Å². The normalized spacial score (nSPS) is 11.8. The van der Waals surface area contributed by atoms with Gasteiger partial charge in [-0.2, -0.15) is 0 Å². The summed E-state index contributed by atoms with van der Waals surface area (Å²) in [6, 6.07) is 14.5. The number of nitrogens with one attached hydrogen (secondary N) is 2. The number of carbonyl (C=O) groups is 2. The molecule has 0 aliphatic carbocycles. The van der Waals surface area contributed by atoms with Gasteiger partial charge in [-0.05, 0) is 55.5 Å². The highest BCUT2D eigenvalue weighted by atomic mass is 32.2. The van der Waals surface area contributed by atoms with Gasteiger partial charge in [-0.25, -0.2) is 0 Å². The maximum Gasteiger partial charge on any atom is 0.226 e. The molecule has 0 saturated carbocycles. The molecule has 3 aromatic rings. The first-order valence-corrected chi connectivity index (χ1v) is 11.4. The number of Topliss-reactive ketones (excluding diaryl/α,β-unsaturated/α-hetero) is 1. The Labute approximate surface area is 189 Å². The largest absolute Gasteiger partial charge is 0.497 e. The number of thioether (sulfide) groups is 1. The maximum atomic E-state index is 12.8. The molecule has 0 aliphatic rings. The lowest BCUT2D eigenvalue weighted by Crippen LogP contribution is -2.18. The van der Waals surface area contributed by atoms with Crippen molar-refractivity contribution < 1.29 is 14.3 Å². The Hall–Kier alpha value is -2.91. The molecular weight excluding hydrogens is 432 g/mol. The SMILES string of the molecule is COc1ccc(Nc2nnc(SC(C)C(=O)c3ccc(NC(=O)C(C)C)cc3)s2)cc1. The average Bonchev–Trinajstić information content (AvgIpc) is 3.20. The van der Waals surface area contributed by atoms with E-state index in [4.69, 9.17) is 4.74 Å². The molecule has 2 aromatic carbocycles. The predicted molar refractivity (Wildman–Crippen MR) is 126 cm³/mol. The third kappa shape index (κ3) is 6.28. The summed E-state index contributed by atoms with van der Waals surface area (Å²) < 4.78 is 5.86. The van der Waals surface area contributed by atoms with E-state index in [-0.39, 0.29) is 22.9 Å². The van der Waals surface area contributed by atoms with Crippen molar-refractivity contribution in [3.63, 3.8) is 0 Å². The molecule has 7 nitrogen and oxygen atoms in total. The lowest BCUT2D eigenvalue weighted by atomic mass is 10.1. The van der Waals surface area contributed by atoms with Crippen LogP contribution < -0.4 is 15.4 Å². The van der Waals surface area contributed by atoms with Crippen molar-refractivity contribution in [1.29, 1.82) is 0 Å². The van der Waals surface area contributed by atoms with Gasteiger partial charge >= 0.3 is 0 Å². The van der Waals surface area contributed by atoms with Gasteiger partial charge in [0.25, 0.3) is 0 Å². The van der Waals surface area contributed by atoms with E-state index in [1.807, 2.05) is 45.0 Å². The number of amides is 1. The molecule has 1 heterocycles. The molecule has 1 atom stereocenters. The van der Waals surface area contributed by atoms with Crippen LogP contribution in [0.1, 0.15) is 31.1 Å². The number of ether oxygens (including phenoxy) is 1. The van der Waals surface area contributed by atoms with Crippen molar-refractivity contribution in [3.05, 3.63) is 54.1 Å². The number of methoxy groups -OCH3 is 1. The predicted octanol–water partition coefficient (Wildman–Crippen LogP) is 5.25. The van der Waals surface area contributed by atoms with E-state index in [9.17, 15) is 9.59 Å². The standard InChI is InChI=1S/C22H24N4O3S2/c1-13(2)20(28)23-16-7-5-15(6-8-16)19(27)14(3)30-22-26-25-21(31-22)24-17-9-11-18(29-4)12-10-17/h5-14H,1-4H3,(H,23,28)(H,24,25). The van der Waals surface area contributed by atoms with Gasteiger partial charge in [0.05, 0.1) is 12.4 Å². The topological polar surface area (TPSA) is 93.2 Å². The summed E-state index contributed by atoms with van der Waals surface area (Å²) in [5.41, 5.74) is 2.14. The van der Waals surface area contributed by atoms with Crippen molar-refractivity contribution in [2.45, 2.75) is 30.4 Å². The van der Waals surface area contributed by atoms with Crippen LogP contribution in [0.15, 0.2) is 52.9 Å². The second kappa shape index (κ2) is 10.4. The summed E-state index contributed by atoms with van der Waals surface area (Å²) in [5, 5.41) is 14.7. The molecule has 0 radical (unpaired) electrons. The Morgan fingerprint density at radius 1 is 0.968 bits per heavy atom. The zero-order valence-corrected chi connectivity index (χ0v) is 19.3. The molecule has 9 heteroatoms. The number of ketones is 1. The first-order chi connectivity index (χ1) is 14.9. The third-order valence-electron chi connectivity index (χ3n) is 4.36. The van der Waals surface area contributed by atoms with Crippen LogP contribution in [0, 0.1) is 5.92 Å². The third-order valence-corrected chi connectivity index (χ3v) is 6.38. The first-order valence-electron chi connectivity index (χ1n) is 9.72. The minimum Gasteiger partial charge on any atom is -0.497 e. The Kier molecular flexibility index (Phi) is 7.64. The van der Waals surface area contributed by atoms with Crippen molar-refractivity contribution >= 4 is 51.3 Å². The summed E-state index contributed by atoms with van der Waals surface area (Å²) in [6.45, 7) is 5.51. The monoisotopic (exact) mass is 456 g/mol. The van der Waals surface area contributed by atoms with E-state index in [1.54, 1.807) is 31.4 Å². The molecule has 0 saturated heterocycles. The minimum absolute atomic E-state index is 0.00778. The highest BCUT2D eigenvalue weighted by Gasteiger charge is 2.19. The molecule has 1 amide bonds.